The van der Waals surface area contributed by atoms with Crippen LogP contribution in [0.5, 0.6) is 0 Å². The second-order valence-electron chi connectivity index (χ2n) is 3.86. The van der Waals surface area contributed by atoms with Crippen molar-refractivity contribution in [3.05, 3.63) is 60.2 Å². The van der Waals surface area contributed by atoms with Crippen LogP contribution in [0, 0.1) is 0 Å². The van der Waals surface area contributed by atoms with Crippen molar-refractivity contribution < 1.29 is 0 Å². The van der Waals surface area contributed by atoms with Crippen LogP contribution in [0.15, 0.2) is 54.6 Å². The molecule has 2 rings (SSSR count). The molecule has 0 bridgehead atoms. The molecule has 2 aromatic rings. The highest BCUT2D eigenvalue weighted by Gasteiger charge is 2.20. The van der Waals surface area contributed by atoms with E-state index in [1.165, 1.54) is 5.56 Å². The maximum Gasteiger partial charge on any atom is 0.194 e. The van der Waals surface area contributed by atoms with E-state index in [0.717, 1.165) is 11.1 Å². The van der Waals surface area contributed by atoms with Gasteiger partial charge in [0.1, 0.15) is 0 Å². The van der Waals surface area contributed by atoms with Crippen molar-refractivity contribution in [2.24, 2.45) is 0 Å². The van der Waals surface area contributed by atoms with Gasteiger partial charge in [0.25, 0.3) is 0 Å². The average Bonchev–Trinajstić information content (AvgIpc) is 2.28. The van der Waals surface area contributed by atoms with E-state index in [-0.39, 0.29) is 0 Å². The molecule has 17 heavy (non-hydrogen) atoms. The molecule has 0 radical (unpaired) electrons. The summed E-state index contributed by atoms with van der Waals surface area (Å²) < 4.78 is -1.24. The predicted octanol–water partition coefficient (Wildman–Crippen LogP) is 5.27. The Labute approximate surface area is 116 Å². The molecule has 2 aromatic carbocycles. The molecule has 0 nitrogen and oxygen atoms in total. The molecule has 0 aliphatic carbocycles. The number of hydrogen-bond acceptors (Lipinski definition) is 0. The summed E-state index contributed by atoms with van der Waals surface area (Å²) in [5, 5.41) is 0. The van der Waals surface area contributed by atoms with Crippen molar-refractivity contribution in [3.8, 4) is 11.1 Å². The van der Waals surface area contributed by atoms with Gasteiger partial charge in [0.05, 0.1) is 0 Å². The molecule has 0 atom stereocenters. The fraction of sp³-hybridized carbons (Fsp3) is 0.143. The summed E-state index contributed by atoms with van der Waals surface area (Å²) >= 11 is 17.4. The normalized spacial score (nSPS) is 11.5. The molecule has 0 aliphatic heterocycles. The van der Waals surface area contributed by atoms with Crippen LogP contribution in [-0.2, 0) is 6.42 Å². The number of benzene rings is 2. The van der Waals surface area contributed by atoms with Crippen molar-refractivity contribution in [1.29, 1.82) is 0 Å². The lowest BCUT2D eigenvalue weighted by atomic mass is 10.0. The Kier molecular flexibility index (Phi) is 3.98. The van der Waals surface area contributed by atoms with Gasteiger partial charge in [-0.1, -0.05) is 89.4 Å². The molecule has 0 saturated heterocycles. The van der Waals surface area contributed by atoms with Crippen molar-refractivity contribution in [3.63, 3.8) is 0 Å². The number of rotatable bonds is 2. The van der Waals surface area contributed by atoms with Gasteiger partial charge in [-0.05, 0) is 16.7 Å². The maximum absolute atomic E-state index is 5.80. The van der Waals surface area contributed by atoms with Crippen LogP contribution in [0.2, 0.25) is 0 Å². The van der Waals surface area contributed by atoms with Gasteiger partial charge in [-0.15, -0.1) is 0 Å². The summed E-state index contributed by atoms with van der Waals surface area (Å²) in [5.41, 5.74) is 3.32. The standard InChI is InChI=1S/C14H11Cl3/c15-14(16,17)10-11-5-4-8-13(9-11)12-6-2-1-3-7-12/h1-9H,10H2. The van der Waals surface area contributed by atoms with Crippen LogP contribution >= 0.6 is 34.8 Å². The van der Waals surface area contributed by atoms with Gasteiger partial charge >= 0.3 is 0 Å². The molecule has 0 heterocycles. The molecule has 0 aromatic heterocycles. The van der Waals surface area contributed by atoms with Crippen LogP contribution < -0.4 is 0 Å². The van der Waals surface area contributed by atoms with Crippen LogP contribution in [0.25, 0.3) is 11.1 Å². The Morgan fingerprint density at radius 3 is 2.06 bits per heavy atom. The zero-order valence-corrected chi connectivity index (χ0v) is 11.3. The molecule has 0 aliphatic rings. The van der Waals surface area contributed by atoms with Crippen LogP contribution in [0.3, 0.4) is 0 Å². The molecular weight excluding hydrogens is 275 g/mol. The fourth-order valence-corrected chi connectivity index (χ4v) is 2.19. The van der Waals surface area contributed by atoms with E-state index in [1.54, 1.807) is 0 Å². The van der Waals surface area contributed by atoms with E-state index in [0.29, 0.717) is 6.42 Å². The Balaban J connectivity index is 2.29. The van der Waals surface area contributed by atoms with Crippen LogP contribution in [0.1, 0.15) is 5.56 Å². The molecule has 88 valence electrons. The molecule has 0 spiro atoms. The Hall–Kier alpha value is -0.690. The van der Waals surface area contributed by atoms with Gasteiger partial charge in [-0.25, -0.2) is 0 Å². The lowest BCUT2D eigenvalue weighted by Crippen LogP contribution is -2.06. The largest absolute Gasteiger partial charge is 0.194 e. The molecule has 0 saturated carbocycles. The van der Waals surface area contributed by atoms with E-state index >= 15 is 0 Å². The summed E-state index contributed by atoms with van der Waals surface area (Å²) in [6, 6.07) is 18.2. The summed E-state index contributed by atoms with van der Waals surface area (Å²) in [6.45, 7) is 0. The highest BCUT2D eigenvalue weighted by molar-refractivity contribution is 6.67. The molecular formula is C14H11Cl3. The van der Waals surface area contributed by atoms with Gasteiger partial charge < -0.3 is 0 Å². The third-order valence-corrected chi connectivity index (χ3v) is 2.84. The SMILES string of the molecule is ClC(Cl)(Cl)Cc1cccc(-c2ccccc2)c1. The zero-order chi connectivity index (χ0) is 12.3. The van der Waals surface area contributed by atoms with Crippen molar-refractivity contribution in [2.75, 3.05) is 0 Å². The molecule has 0 fully saturated rings. The smallest absolute Gasteiger partial charge is 0.0833 e. The summed E-state index contributed by atoms with van der Waals surface area (Å²) in [4.78, 5) is 0. The highest BCUT2D eigenvalue weighted by atomic mass is 35.6. The summed E-state index contributed by atoms with van der Waals surface area (Å²) in [6.07, 6.45) is 0.415. The summed E-state index contributed by atoms with van der Waals surface area (Å²) in [7, 11) is 0. The first-order valence-electron chi connectivity index (χ1n) is 5.26. The zero-order valence-electron chi connectivity index (χ0n) is 9.04. The molecule has 3 heteroatoms. The topological polar surface area (TPSA) is 0 Å². The quantitative estimate of drug-likeness (QED) is 0.660. The minimum Gasteiger partial charge on any atom is -0.0833 e. The molecule has 0 N–H and O–H groups in total. The monoisotopic (exact) mass is 284 g/mol. The predicted molar refractivity (Wildman–Crippen MR) is 75.9 cm³/mol. The van der Waals surface area contributed by atoms with Crippen molar-refractivity contribution in [2.45, 2.75) is 10.2 Å². The summed E-state index contributed by atoms with van der Waals surface area (Å²) in [5.74, 6) is 0. The highest BCUT2D eigenvalue weighted by Crippen LogP contribution is 2.31. The van der Waals surface area contributed by atoms with Gasteiger partial charge in [0, 0.05) is 6.42 Å². The Bertz CT molecular complexity index is 486. The molecule has 0 amide bonds. The van der Waals surface area contributed by atoms with E-state index in [9.17, 15) is 0 Å². The third-order valence-electron chi connectivity index (χ3n) is 2.44. The van der Waals surface area contributed by atoms with E-state index < -0.39 is 3.79 Å². The second kappa shape index (κ2) is 5.30. The van der Waals surface area contributed by atoms with Gasteiger partial charge in [0.15, 0.2) is 3.79 Å². The van der Waals surface area contributed by atoms with E-state index in [1.807, 2.05) is 30.3 Å². The van der Waals surface area contributed by atoms with Crippen LogP contribution in [-0.4, -0.2) is 3.79 Å². The lowest BCUT2D eigenvalue weighted by molar-refractivity contribution is 1.02. The first-order valence-corrected chi connectivity index (χ1v) is 6.39. The fourth-order valence-electron chi connectivity index (χ4n) is 1.72. The van der Waals surface area contributed by atoms with E-state index in [2.05, 4.69) is 24.3 Å². The number of hydrogen-bond donors (Lipinski definition) is 0. The van der Waals surface area contributed by atoms with Crippen LogP contribution in [0.4, 0.5) is 0 Å². The van der Waals surface area contributed by atoms with E-state index in [4.69, 9.17) is 34.8 Å². The Morgan fingerprint density at radius 1 is 0.765 bits per heavy atom. The maximum atomic E-state index is 5.80. The second-order valence-corrected chi connectivity index (χ2v) is 6.37. The van der Waals surface area contributed by atoms with Crippen molar-refractivity contribution in [1.82, 2.24) is 0 Å². The van der Waals surface area contributed by atoms with Gasteiger partial charge in [-0.3, -0.25) is 0 Å². The minimum absolute atomic E-state index is 0.415. The van der Waals surface area contributed by atoms with Gasteiger partial charge in [-0.2, -0.15) is 0 Å². The Morgan fingerprint density at radius 2 is 1.41 bits per heavy atom. The lowest BCUT2D eigenvalue weighted by Gasteiger charge is -2.11. The minimum atomic E-state index is -1.24. The third kappa shape index (κ3) is 3.92. The average molecular weight is 286 g/mol. The molecule has 0 unspecified atom stereocenters. The van der Waals surface area contributed by atoms with Crippen molar-refractivity contribution >= 4 is 34.8 Å². The first-order chi connectivity index (χ1) is 8.04. The van der Waals surface area contributed by atoms with Gasteiger partial charge in [0.2, 0.25) is 0 Å². The first kappa shape index (κ1) is 12.8. The number of halogens is 3. The number of alkyl halides is 3.